The molecule has 0 saturated heterocycles. The van der Waals surface area contributed by atoms with Crippen LogP contribution in [-0.4, -0.2) is 33.8 Å². The van der Waals surface area contributed by atoms with Crippen molar-refractivity contribution in [2.45, 2.75) is 63.8 Å². The topological polar surface area (TPSA) is 112 Å². The fraction of sp³-hybridized carbons (Fsp3) is 0.414. The largest absolute Gasteiger partial charge is 0.465 e. The lowest BCUT2D eigenvalue weighted by Crippen LogP contribution is -2.36. The number of anilines is 1. The first-order valence-electron chi connectivity index (χ1n) is 13.2. The molecule has 1 aromatic carbocycles. The average molecular weight is 517 g/mol. The Morgan fingerprint density at radius 2 is 1.89 bits per heavy atom. The molecule has 9 nitrogen and oxygen atoms in total. The number of esters is 1. The summed E-state index contributed by atoms with van der Waals surface area (Å²) in [5.74, 6) is 0.828. The summed E-state index contributed by atoms with van der Waals surface area (Å²) in [4.78, 5) is 42.4. The van der Waals surface area contributed by atoms with Gasteiger partial charge in [-0.3, -0.25) is 9.59 Å². The smallest absolute Gasteiger partial charge is 0.339 e. The van der Waals surface area contributed by atoms with Crippen molar-refractivity contribution in [3.05, 3.63) is 75.8 Å². The summed E-state index contributed by atoms with van der Waals surface area (Å²) >= 11 is 0. The Morgan fingerprint density at radius 3 is 2.63 bits per heavy atom. The van der Waals surface area contributed by atoms with Crippen LogP contribution in [0.5, 0.6) is 11.5 Å². The lowest BCUT2D eigenvalue weighted by Gasteiger charge is -2.22. The minimum atomic E-state index is -0.800. The number of nitrogens with one attached hydrogen (secondary N) is 1. The average Bonchev–Trinajstić information content (AvgIpc) is 3.46. The molecule has 2 aliphatic rings. The van der Waals surface area contributed by atoms with E-state index in [1.807, 2.05) is 12.1 Å². The lowest BCUT2D eigenvalue weighted by atomic mass is 9.91. The van der Waals surface area contributed by atoms with E-state index < -0.39 is 17.6 Å². The number of nitrogens with zero attached hydrogens (tertiary/aromatic N) is 3. The zero-order chi connectivity index (χ0) is 26.5. The summed E-state index contributed by atoms with van der Waals surface area (Å²) in [6.07, 6.45) is 11.9. The second-order valence-electron chi connectivity index (χ2n) is 9.99. The first-order chi connectivity index (χ1) is 18.5. The van der Waals surface area contributed by atoms with Gasteiger partial charge in [-0.05, 0) is 67.3 Å². The third kappa shape index (κ3) is 5.77. The maximum Gasteiger partial charge on any atom is 0.339 e. The van der Waals surface area contributed by atoms with Crippen molar-refractivity contribution in [3.8, 4) is 11.5 Å². The molecule has 2 aromatic heterocycles. The van der Waals surface area contributed by atoms with Crippen LogP contribution >= 0.6 is 0 Å². The second kappa shape index (κ2) is 11.6. The van der Waals surface area contributed by atoms with E-state index in [4.69, 9.17) is 9.47 Å². The molecule has 1 unspecified atom stereocenters. The molecule has 1 atom stereocenters. The first kappa shape index (κ1) is 25.6. The number of aryl methyl sites for hydroxylation is 1. The Morgan fingerprint density at radius 1 is 1.08 bits per heavy atom. The van der Waals surface area contributed by atoms with Crippen molar-refractivity contribution in [3.63, 3.8) is 0 Å². The Bertz CT molecular complexity index is 1360. The van der Waals surface area contributed by atoms with Crippen LogP contribution < -0.4 is 15.6 Å². The molecule has 0 spiro atoms. The van der Waals surface area contributed by atoms with E-state index in [9.17, 15) is 14.4 Å². The molecule has 1 amide bonds. The number of aromatic nitrogens is 3. The van der Waals surface area contributed by atoms with Gasteiger partial charge in [0.1, 0.15) is 17.6 Å². The van der Waals surface area contributed by atoms with Crippen LogP contribution in [0.1, 0.15) is 72.5 Å². The molecule has 5 rings (SSSR count). The summed E-state index contributed by atoms with van der Waals surface area (Å²) in [5, 5.41) is 7.16. The highest BCUT2D eigenvalue weighted by atomic mass is 16.5. The number of methoxy groups -OCH3 is 1. The maximum absolute atomic E-state index is 13.4. The molecule has 0 aliphatic heterocycles. The zero-order valence-electron chi connectivity index (χ0n) is 21.5. The van der Waals surface area contributed by atoms with Crippen LogP contribution in [0.2, 0.25) is 0 Å². The van der Waals surface area contributed by atoms with E-state index in [2.05, 4.69) is 21.5 Å². The van der Waals surface area contributed by atoms with E-state index in [0.29, 0.717) is 18.1 Å². The number of rotatable bonds is 8. The van der Waals surface area contributed by atoms with E-state index in [1.165, 1.54) is 59.9 Å². The predicted molar refractivity (Wildman–Crippen MR) is 141 cm³/mol. The highest BCUT2D eigenvalue weighted by Crippen LogP contribution is 2.34. The van der Waals surface area contributed by atoms with Crippen molar-refractivity contribution in [1.82, 2.24) is 14.8 Å². The van der Waals surface area contributed by atoms with Gasteiger partial charge in [0.05, 0.1) is 18.9 Å². The highest BCUT2D eigenvalue weighted by Gasteiger charge is 2.29. The number of pyridine rings is 1. The van der Waals surface area contributed by atoms with Gasteiger partial charge in [0.15, 0.2) is 5.75 Å². The first-order valence-corrected chi connectivity index (χ1v) is 13.2. The van der Waals surface area contributed by atoms with E-state index in [1.54, 1.807) is 0 Å². The highest BCUT2D eigenvalue weighted by molar-refractivity contribution is 5.93. The number of carbonyl (C=O) groups excluding carboxylic acids is 2. The van der Waals surface area contributed by atoms with Crippen molar-refractivity contribution in [2.75, 3.05) is 12.4 Å². The standard InChI is InChI=1S/C29H32N4O5/c1-37-29(36)21-13-14-26(30-17-21)32-28(35)24(15-19-7-2-3-8-19)33-27(34)16-22(18-31-33)38-25-12-6-10-20-9-4-5-11-23(20)25/h6,10,12-14,16-19,24H,2-5,7-9,11,15H2,1H3,(H,30,32,35). The van der Waals surface area contributed by atoms with Gasteiger partial charge >= 0.3 is 5.97 Å². The molecule has 1 saturated carbocycles. The maximum atomic E-state index is 13.4. The number of carbonyl (C=O) groups is 2. The molecule has 1 N–H and O–H groups in total. The summed E-state index contributed by atoms with van der Waals surface area (Å²) in [5.41, 5.74) is 2.35. The number of benzene rings is 1. The fourth-order valence-electron chi connectivity index (χ4n) is 5.46. The molecular weight excluding hydrogens is 484 g/mol. The molecule has 9 heteroatoms. The summed E-state index contributed by atoms with van der Waals surface area (Å²) in [7, 11) is 1.29. The minimum absolute atomic E-state index is 0.279. The van der Waals surface area contributed by atoms with E-state index in [-0.39, 0.29) is 17.3 Å². The van der Waals surface area contributed by atoms with Gasteiger partial charge in [-0.2, -0.15) is 5.10 Å². The second-order valence-corrected chi connectivity index (χ2v) is 9.99. The van der Waals surface area contributed by atoms with Crippen molar-refractivity contribution >= 4 is 17.7 Å². The third-order valence-electron chi connectivity index (χ3n) is 7.45. The van der Waals surface area contributed by atoms with Crippen LogP contribution in [0.3, 0.4) is 0 Å². The van der Waals surface area contributed by atoms with Gasteiger partial charge < -0.3 is 14.8 Å². The van der Waals surface area contributed by atoms with Gasteiger partial charge in [-0.1, -0.05) is 37.8 Å². The minimum Gasteiger partial charge on any atom is -0.465 e. The molecular formula is C29H32N4O5. The van der Waals surface area contributed by atoms with E-state index in [0.717, 1.165) is 50.7 Å². The van der Waals surface area contributed by atoms with Gasteiger partial charge in [0, 0.05) is 12.3 Å². The molecule has 0 bridgehead atoms. The Labute approximate surface area is 221 Å². The Kier molecular flexibility index (Phi) is 7.81. The zero-order valence-corrected chi connectivity index (χ0v) is 21.5. The molecule has 1 fully saturated rings. The summed E-state index contributed by atoms with van der Waals surface area (Å²) in [6, 6.07) is 9.68. The molecule has 0 radical (unpaired) electrons. The van der Waals surface area contributed by atoms with E-state index >= 15 is 0 Å². The van der Waals surface area contributed by atoms with Gasteiger partial charge in [-0.25, -0.2) is 14.5 Å². The number of hydrogen-bond acceptors (Lipinski definition) is 7. The predicted octanol–water partition coefficient (Wildman–Crippen LogP) is 4.86. The monoisotopic (exact) mass is 516 g/mol. The van der Waals surface area contributed by atoms with Gasteiger partial charge in [-0.15, -0.1) is 0 Å². The SMILES string of the molecule is COC(=O)c1ccc(NC(=O)C(CC2CCCC2)n2ncc(Oc3cccc4c3CCCC4)cc2=O)nc1. The van der Waals surface area contributed by atoms with Crippen molar-refractivity contribution < 1.29 is 19.1 Å². The molecule has 38 heavy (non-hydrogen) atoms. The summed E-state index contributed by atoms with van der Waals surface area (Å²) in [6.45, 7) is 0. The number of fused-ring (bicyclic) bond motifs is 1. The van der Waals surface area contributed by atoms with Crippen LogP contribution in [0, 0.1) is 5.92 Å². The molecule has 2 aliphatic carbocycles. The Hall–Kier alpha value is -4.01. The molecule has 3 aromatic rings. The van der Waals surface area contributed by atoms with Crippen LogP contribution in [0.4, 0.5) is 5.82 Å². The van der Waals surface area contributed by atoms with Crippen molar-refractivity contribution in [1.29, 1.82) is 0 Å². The normalized spacial score (nSPS) is 15.9. The lowest BCUT2D eigenvalue weighted by molar-refractivity contribution is -0.120. The summed E-state index contributed by atoms with van der Waals surface area (Å²) < 4.78 is 12.0. The van der Waals surface area contributed by atoms with Gasteiger partial charge in [0.2, 0.25) is 0 Å². The number of ether oxygens (including phenoxy) is 2. The molecule has 2 heterocycles. The third-order valence-corrected chi connectivity index (χ3v) is 7.45. The van der Waals surface area contributed by atoms with Gasteiger partial charge in [0.25, 0.3) is 11.5 Å². The number of amides is 1. The van der Waals surface area contributed by atoms with Crippen LogP contribution in [-0.2, 0) is 22.4 Å². The van der Waals surface area contributed by atoms with Crippen molar-refractivity contribution in [2.24, 2.45) is 5.92 Å². The molecule has 198 valence electrons. The fourth-order valence-corrected chi connectivity index (χ4v) is 5.46. The Balaban J connectivity index is 1.37. The quantitative estimate of drug-likeness (QED) is 0.426. The number of hydrogen-bond donors (Lipinski definition) is 1. The van der Waals surface area contributed by atoms with Crippen LogP contribution in [0.25, 0.3) is 0 Å². The van der Waals surface area contributed by atoms with Crippen LogP contribution in [0.15, 0.2) is 53.6 Å².